The Balaban J connectivity index is 2.46. The Labute approximate surface area is 136 Å². The molecule has 0 spiro atoms. The number of nitrogens with zero attached hydrogens (tertiary/aromatic N) is 2. The SMILES string of the molecule is CNC(c1cccc(Cl)c1F)c1c(Br)cnn1CCOC. The maximum atomic E-state index is 14.3. The minimum absolute atomic E-state index is 0.104. The van der Waals surface area contributed by atoms with Crippen molar-refractivity contribution in [2.24, 2.45) is 0 Å². The number of hydrogen-bond acceptors (Lipinski definition) is 3. The molecule has 0 saturated carbocycles. The van der Waals surface area contributed by atoms with Gasteiger partial charge in [0.05, 0.1) is 40.6 Å². The summed E-state index contributed by atoms with van der Waals surface area (Å²) < 4.78 is 22.0. The normalized spacial score (nSPS) is 12.6. The summed E-state index contributed by atoms with van der Waals surface area (Å²) >= 11 is 9.35. The molecule has 0 bridgehead atoms. The monoisotopic (exact) mass is 375 g/mol. The Kier molecular flexibility index (Phi) is 5.75. The second-order valence-electron chi connectivity index (χ2n) is 4.46. The van der Waals surface area contributed by atoms with E-state index >= 15 is 0 Å². The van der Waals surface area contributed by atoms with Crippen LogP contribution >= 0.6 is 27.5 Å². The zero-order valence-electron chi connectivity index (χ0n) is 11.7. The number of methoxy groups -OCH3 is 1. The van der Waals surface area contributed by atoms with Crippen molar-refractivity contribution in [3.8, 4) is 0 Å². The lowest BCUT2D eigenvalue weighted by Gasteiger charge is -2.20. The van der Waals surface area contributed by atoms with Gasteiger partial charge < -0.3 is 10.1 Å². The number of nitrogens with one attached hydrogen (secondary N) is 1. The summed E-state index contributed by atoms with van der Waals surface area (Å²) in [6, 6.07) is 4.61. The van der Waals surface area contributed by atoms with Gasteiger partial charge in [-0.1, -0.05) is 23.7 Å². The zero-order chi connectivity index (χ0) is 15.4. The summed E-state index contributed by atoms with van der Waals surface area (Å²) in [5.74, 6) is -0.426. The van der Waals surface area contributed by atoms with Crippen molar-refractivity contribution in [2.75, 3.05) is 20.8 Å². The third kappa shape index (κ3) is 3.45. The molecule has 1 heterocycles. The molecule has 2 aromatic rings. The molecule has 0 saturated heterocycles. The molecule has 21 heavy (non-hydrogen) atoms. The van der Waals surface area contributed by atoms with Gasteiger partial charge in [-0.3, -0.25) is 4.68 Å². The minimum atomic E-state index is -0.426. The fourth-order valence-corrected chi connectivity index (χ4v) is 2.90. The zero-order valence-corrected chi connectivity index (χ0v) is 14.1. The Hall–Kier alpha value is -0.950. The van der Waals surface area contributed by atoms with Gasteiger partial charge in [0.25, 0.3) is 0 Å². The molecule has 0 aliphatic rings. The van der Waals surface area contributed by atoms with Crippen LogP contribution in [0.3, 0.4) is 0 Å². The quantitative estimate of drug-likeness (QED) is 0.840. The summed E-state index contributed by atoms with van der Waals surface area (Å²) in [6.45, 7) is 1.10. The molecule has 0 aliphatic carbocycles. The first-order valence-electron chi connectivity index (χ1n) is 6.41. The molecule has 2 rings (SSSR count). The summed E-state index contributed by atoms with van der Waals surface area (Å²) in [5.41, 5.74) is 1.31. The van der Waals surface area contributed by atoms with Crippen LogP contribution in [0.1, 0.15) is 17.3 Å². The number of ether oxygens (including phenoxy) is 1. The van der Waals surface area contributed by atoms with E-state index in [-0.39, 0.29) is 11.1 Å². The van der Waals surface area contributed by atoms with Crippen molar-refractivity contribution in [3.05, 3.63) is 51.0 Å². The van der Waals surface area contributed by atoms with Gasteiger partial charge in [0.1, 0.15) is 5.82 Å². The summed E-state index contributed by atoms with van der Waals surface area (Å²) in [6.07, 6.45) is 1.69. The highest BCUT2D eigenvalue weighted by Gasteiger charge is 2.24. The molecule has 0 fully saturated rings. The lowest BCUT2D eigenvalue weighted by atomic mass is 10.0. The van der Waals surface area contributed by atoms with E-state index in [0.717, 1.165) is 10.2 Å². The molecular weight excluding hydrogens is 361 g/mol. The van der Waals surface area contributed by atoms with Gasteiger partial charge in [0, 0.05) is 12.7 Å². The van der Waals surface area contributed by atoms with Gasteiger partial charge in [0.2, 0.25) is 0 Å². The molecular formula is C14H16BrClFN3O. The highest BCUT2D eigenvalue weighted by Crippen LogP contribution is 2.31. The molecule has 1 N–H and O–H groups in total. The topological polar surface area (TPSA) is 39.1 Å². The molecule has 1 aromatic heterocycles. The predicted octanol–water partition coefficient (Wildman–Crippen LogP) is 3.39. The average molecular weight is 377 g/mol. The first-order chi connectivity index (χ1) is 10.1. The molecule has 1 aromatic carbocycles. The standard InChI is InChI=1S/C14H16BrClFN3O/c1-18-13(9-4-3-5-11(16)12(9)17)14-10(15)8-19-20(14)6-7-21-2/h3-5,8,13,18H,6-7H2,1-2H3. The van der Waals surface area contributed by atoms with Gasteiger partial charge >= 0.3 is 0 Å². The third-order valence-corrected chi connectivity index (χ3v) is 4.10. The minimum Gasteiger partial charge on any atom is -0.383 e. The second-order valence-corrected chi connectivity index (χ2v) is 5.72. The van der Waals surface area contributed by atoms with Crippen molar-refractivity contribution in [1.29, 1.82) is 0 Å². The third-order valence-electron chi connectivity index (χ3n) is 3.20. The van der Waals surface area contributed by atoms with Crippen LogP contribution in [-0.4, -0.2) is 30.5 Å². The Morgan fingerprint density at radius 3 is 2.95 bits per heavy atom. The van der Waals surface area contributed by atoms with Gasteiger partial charge in [-0.2, -0.15) is 5.10 Å². The lowest BCUT2D eigenvalue weighted by molar-refractivity contribution is 0.182. The van der Waals surface area contributed by atoms with E-state index < -0.39 is 5.82 Å². The van der Waals surface area contributed by atoms with Crippen LogP contribution in [0.5, 0.6) is 0 Å². The molecule has 1 atom stereocenters. The van der Waals surface area contributed by atoms with Crippen molar-refractivity contribution in [1.82, 2.24) is 15.1 Å². The van der Waals surface area contributed by atoms with Gasteiger partial charge in [0.15, 0.2) is 0 Å². The van der Waals surface area contributed by atoms with E-state index in [0.29, 0.717) is 18.7 Å². The number of aromatic nitrogens is 2. The van der Waals surface area contributed by atoms with Crippen LogP contribution in [0.4, 0.5) is 4.39 Å². The fraction of sp³-hybridized carbons (Fsp3) is 0.357. The maximum Gasteiger partial charge on any atom is 0.146 e. The summed E-state index contributed by atoms with van der Waals surface area (Å²) in [7, 11) is 3.40. The average Bonchev–Trinajstić information content (AvgIpc) is 2.83. The molecule has 4 nitrogen and oxygen atoms in total. The Bertz CT molecular complexity index is 620. The van der Waals surface area contributed by atoms with E-state index in [1.807, 2.05) is 0 Å². The van der Waals surface area contributed by atoms with Crippen LogP contribution in [0.2, 0.25) is 5.02 Å². The van der Waals surface area contributed by atoms with Crippen molar-refractivity contribution in [2.45, 2.75) is 12.6 Å². The highest BCUT2D eigenvalue weighted by atomic mass is 79.9. The first-order valence-corrected chi connectivity index (χ1v) is 7.58. The molecule has 0 aliphatic heterocycles. The molecule has 114 valence electrons. The number of halogens is 3. The molecule has 0 amide bonds. The first kappa shape index (κ1) is 16.4. The molecule has 0 radical (unpaired) electrons. The fourth-order valence-electron chi connectivity index (χ4n) is 2.20. The van der Waals surface area contributed by atoms with Crippen LogP contribution in [0, 0.1) is 5.82 Å². The second kappa shape index (κ2) is 7.35. The smallest absolute Gasteiger partial charge is 0.146 e. The Morgan fingerprint density at radius 1 is 1.52 bits per heavy atom. The molecule has 7 heteroatoms. The molecule has 1 unspecified atom stereocenters. The Morgan fingerprint density at radius 2 is 2.29 bits per heavy atom. The number of rotatable bonds is 6. The predicted molar refractivity (Wildman–Crippen MR) is 84.1 cm³/mol. The number of hydrogen-bond donors (Lipinski definition) is 1. The van der Waals surface area contributed by atoms with E-state index in [1.165, 1.54) is 6.07 Å². The summed E-state index contributed by atoms with van der Waals surface area (Å²) in [4.78, 5) is 0. The van der Waals surface area contributed by atoms with Crippen molar-refractivity contribution >= 4 is 27.5 Å². The summed E-state index contributed by atoms with van der Waals surface area (Å²) in [5, 5.41) is 7.51. The van der Waals surface area contributed by atoms with Gasteiger partial charge in [-0.05, 0) is 29.0 Å². The van der Waals surface area contributed by atoms with Crippen LogP contribution in [0.25, 0.3) is 0 Å². The van der Waals surface area contributed by atoms with Crippen molar-refractivity contribution in [3.63, 3.8) is 0 Å². The van der Waals surface area contributed by atoms with Crippen LogP contribution in [-0.2, 0) is 11.3 Å². The highest BCUT2D eigenvalue weighted by molar-refractivity contribution is 9.10. The van der Waals surface area contributed by atoms with E-state index in [2.05, 4.69) is 26.3 Å². The van der Waals surface area contributed by atoms with Gasteiger partial charge in [-0.25, -0.2) is 4.39 Å². The lowest BCUT2D eigenvalue weighted by Crippen LogP contribution is -2.24. The van der Waals surface area contributed by atoms with E-state index in [4.69, 9.17) is 16.3 Å². The van der Waals surface area contributed by atoms with E-state index in [1.54, 1.807) is 37.2 Å². The van der Waals surface area contributed by atoms with Crippen LogP contribution in [0.15, 0.2) is 28.9 Å². The van der Waals surface area contributed by atoms with Crippen molar-refractivity contribution < 1.29 is 9.13 Å². The number of benzene rings is 1. The van der Waals surface area contributed by atoms with Gasteiger partial charge in [-0.15, -0.1) is 0 Å². The maximum absolute atomic E-state index is 14.3. The van der Waals surface area contributed by atoms with E-state index in [9.17, 15) is 4.39 Å². The van der Waals surface area contributed by atoms with Crippen LogP contribution < -0.4 is 5.32 Å². The largest absolute Gasteiger partial charge is 0.383 e.